The smallest absolute Gasteiger partial charge is 0.343 e. The minimum absolute atomic E-state index is 0. The van der Waals surface area contributed by atoms with E-state index in [1.807, 2.05) is 18.2 Å². The molecule has 2 unspecified atom stereocenters. The Morgan fingerprint density at radius 3 is 1.87 bits per heavy atom. The second kappa shape index (κ2) is 23.0. The third-order valence-electron chi connectivity index (χ3n) is 5.28. The first-order valence-corrected chi connectivity index (χ1v) is 10.4. The van der Waals surface area contributed by atoms with Gasteiger partial charge in [0.25, 0.3) is 0 Å². The van der Waals surface area contributed by atoms with Crippen LogP contribution in [0.2, 0.25) is 0 Å². The Morgan fingerprint density at radius 1 is 0.871 bits per heavy atom. The average Bonchev–Trinajstić information content (AvgIpc) is 2.74. The molecule has 0 spiro atoms. The summed E-state index contributed by atoms with van der Waals surface area (Å²) in [7, 11) is 0. The number of aryl methyl sites for hydroxylation is 1. The normalized spacial score (nSPS) is 14.2. The number of rotatable bonds is 4. The van der Waals surface area contributed by atoms with Crippen molar-refractivity contribution in [2.24, 2.45) is 11.8 Å². The molecule has 2 aromatic carbocycles. The maximum absolute atomic E-state index is 3.84. The Morgan fingerprint density at radius 2 is 1.42 bits per heavy atom. The molecule has 0 saturated carbocycles. The molecule has 1 aliphatic carbocycles. The predicted molar refractivity (Wildman–Crippen MR) is 134 cm³/mol. The maximum atomic E-state index is 3.84. The van der Waals surface area contributed by atoms with Crippen molar-refractivity contribution in [3.63, 3.8) is 0 Å². The summed E-state index contributed by atoms with van der Waals surface area (Å²) in [5.74, 6) is 2.15. The van der Waals surface area contributed by atoms with Crippen LogP contribution in [0.4, 0.5) is 0 Å². The Labute approximate surface area is 224 Å². The third kappa shape index (κ3) is 16.1. The van der Waals surface area contributed by atoms with E-state index in [0.717, 1.165) is 25.2 Å². The molecule has 0 N–H and O–H groups in total. The molecule has 0 nitrogen and oxygen atoms in total. The molecule has 0 heterocycles. The molecular weight excluding hydrogens is 716 g/mol. The average molecular weight is 762 g/mol. The van der Waals surface area contributed by atoms with Gasteiger partial charge in [0.15, 0.2) is 0 Å². The van der Waals surface area contributed by atoms with Gasteiger partial charge in [0.05, 0.1) is 0 Å². The van der Waals surface area contributed by atoms with Crippen molar-refractivity contribution < 1.29 is 42.1 Å². The summed E-state index contributed by atoms with van der Waals surface area (Å²) in [5, 5.41) is 0. The van der Waals surface area contributed by atoms with E-state index < -0.39 is 0 Å². The van der Waals surface area contributed by atoms with Gasteiger partial charge in [0.1, 0.15) is 0 Å². The van der Waals surface area contributed by atoms with Crippen LogP contribution in [0.15, 0.2) is 48.5 Å². The van der Waals surface area contributed by atoms with Crippen molar-refractivity contribution in [1.29, 1.82) is 0 Å². The van der Waals surface area contributed by atoms with Crippen LogP contribution in [0.1, 0.15) is 83.9 Å². The van der Waals surface area contributed by atoms with E-state index in [0.29, 0.717) is 11.8 Å². The van der Waals surface area contributed by atoms with Gasteiger partial charge in [-0.25, -0.2) is 0 Å². The van der Waals surface area contributed by atoms with Crippen LogP contribution in [0, 0.1) is 38.7 Å². The second-order valence-corrected chi connectivity index (χ2v) is 7.81. The topological polar surface area (TPSA) is 0 Å². The van der Waals surface area contributed by atoms with Crippen LogP contribution in [-0.2, 0) is 55.0 Å². The van der Waals surface area contributed by atoms with Crippen LogP contribution in [0.25, 0.3) is 0 Å². The van der Waals surface area contributed by atoms with E-state index >= 15 is 0 Å². The molecular formula is C29H46W2. The van der Waals surface area contributed by atoms with E-state index in [-0.39, 0.29) is 57.0 Å². The standard InChI is InChI=1S/C11H14.C10H12.C6H12.2CH4.2W/c1-9-6-7-10-4-2-3-5-11(10)8-9;1-3-9(2)10-7-5-4-6-8-10;1-4-6(3)5-2;;;;/h2-5,9H,6-8H2,1H3;4-7,9H,1,3H2,2H3;6H,1-2,4-5H2,3H3;2*1H4;;/q;2*-2;;;2*+2. The Hall–Kier alpha value is -0.183. The summed E-state index contributed by atoms with van der Waals surface area (Å²) in [5.41, 5.74) is 4.41. The molecule has 2 atom stereocenters. The first-order chi connectivity index (χ1) is 13.0. The molecule has 2 heteroatoms. The van der Waals surface area contributed by atoms with Crippen molar-refractivity contribution >= 4 is 0 Å². The fraction of sp³-hybridized carbons (Fsp3) is 0.483. The van der Waals surface area contributed by atoms with Crippen molar-refractivity contribution in [2.75, 3.05) is 0 Å². The molecule has 0 fully saturated rings. The molecule has 3 rings (SSSR count). The predicted octanol–water partition coefficient (Wildman–Crippen LogP) is 8.96. The van der Waals surface area contributed by atoms with Gasteiger partial charge < -0.3 is 20.8 Å². The van der Waals surface area contributed by atoms with Crippen molar-refractivity contribution in [3.05, 3.63) is 92.1 Å². The molecule has 31 heavy (non-hydrogen) atoms. The van der Waals surface area contributed by atoms with Gasteiger partial charge in [-0.3, -0.25) is 0 Å². The summed E-state index contributed by atoms with van der Waals surface area (Å²) in [6.45, 7) is 17.9. The van der Waals surface area contributed by atoms with Gasteiger partial charge in [-0.1, -0.05) is 71.7 Å². The molecule has 0 amide bonds. The Bertz CT molecular complexity index is 605. The molecule has 174 valence electrons. The van der Waals surface area contributed by atoms with Gasteiger partial charge in [0.2, 0.25) is 0 Å². The van der Waals surface area contributed by atoms with Crippen molar-refractivity contribution in [3.8, 4) is 0 Å². The van der Waals surface area contributed by atoms with Gasteiger partial charge in [-0.2, -0.15) is 55.2 Å². The van der Waals surface area contributed by atoms with Gasteiger partial charge >= 0.3 is 42.1 Å². The summed E-state index contributed by atoms with van der Waals surface area (Å²) >= 11 is 0. The van der Waals surface area contributed by atoms with E-state index in [2.05, 4.69) is 77.9 Å². The monoisotopic (exact) mass is 762 g/mol. The fourth-order valence-corrected chi connectivity index (χ4v) is 2.89. The third-order valence-corrected chi connectivity index (χ3v) is 5.28. The molecule has 0 saturated heterocycles. The second-order valence-electron chi connectivity index (χ2n) is 7.81. The van der Waals surface area contributed by atoms with Crippen molar-refractivity contribution in [1.82, 2.24) is 0 Å². The maximum Gasteiger partial charge on any atom is 2.00 e. The van der Waals surface area contributed by atoms with Crippen LogP contribution >= 0.6 is 0 Å². The first-order valence-electron chi connectivity index (χ1n) is 10.4. The minimum Gasteiger partial charge on any atom is -0.343 e. The van der Waals surface area contributed by atoms with Crippen LogP contribution < -0.4 is 0 Å². The minimum atomic E-state index is 0. The van der Waals surface area contributed by atoms with Crippen LogP contribution in [-0.4, -0.2) is 0 Å². The number of benzene rings is 2. The number of fused-ring (bicyclic) bond motifs is 1. The summed E-state index contributed by atoms with van der Waals surface area (Å²) in [4.78, 5) is 0. The Balaban J connectivity index is -0.000000172. The quantitative estimate of drug-likeness (QED) is 0.273. The molecule has 0 aliphatic heterocycles. The summed E-state index contributed by atoms with van der Waals surface area (Å²) < 4.78 is 0. The van der Waals surface area contributed by atoms with E-state index in [1.165, 1.54) is 24.8 Å². The summed E-state index contributed by atoms with van der Waals surface area (Å²) in [6, 6.07) is 20.1. The van der Waals surface area contributed by atoms with Gasteiger partial charge in [-0.05, 0) is 36.3 Å². The zero-order valence-electron chi connectivity index (χ0n) is 18.5. The van der Waals surface area contributed by atoms with E-state index in [1.54, 1.807) is 11.1 Å². The van der Waals surface area contributed by atoms with Crippen LogP contribution in [0.3, 0.4) is 0 Å². The van der Waals surface area contributed by atoms with Gasteiger partial charge in [0, 0.05) is 0 Å². The van der Waals surface area contributed by atoms with Gasteiger partial charge in [-0.15, -0.1) is 0 Å². The summed E-state index contributed by atoms with van der Waals surface area (Å²) in [6.07, 6.45) is 6.93. The molecule has 1 aliphatic rings. The molecule has 0 bridgehead atoms. The SMILES string of the molecule is C.C.CC1CCc2ccccc2C1.[CH2-]CC(C)C[CH2-].[CH2-]CC(C)c1[c-]cccc1.[W+2].[W+2]. The fourth-order valence-electron chi connectivity index (χ4n) is 2.89. The largest absolute Gasteiger partial charge is 2.00 e. The van der Waals surface area contributed by atoms with Crippen molar-refractivity contribution in [2.45, 2.75) is 80.1 Å². The zero-order valence-corrected chi connectivity index (χ0v) is 24.4. The number of hydrogen-bond donors (Lipinski definition) is 0. The first kappa shape index (κ1) is 38.1. The molecule has 2 aromatic rings. The molecule has 0 aromatic heterocycles. The van der Waals surface area contributed by atoms with E-state index in [4.69, 9.17) is 0 Å². The Kier molecular flexibility index (Phi) is 28.3. The van der Waals surface area contributed by atoms with Crippen LogP contribution in [0.5, 0.6) is 0 Å². The molecule has 0 radical (unpaired) electrons. The van der Waals surface area contributed by atoms with E-state index in [9.17, 15) is 0 Å². The zero-order chi connectivity index (χ0) is 20.1. The number of hydrogen-bond acceptors (Lipinski definition) is 0.